The molecule has 5 nitrogen and oxygen atoms in total. The fraction of sp³-hybridized carbons (Fsp3) is 0.625. The van der Waals surface area contributed by atoms with Crippen molar-refractivity contribution in [3.63, 3.8) is 0 Å². The van der Waals surface area contributed by atoms with Gasteiger partial charge in [0.2, 0.25) is 10.0 Å². The van der Waals surface area contributed by atoms with Crippen LogP contribution in [0.5, 0.6) is 0 Å². The van der Waals surface area contributed by atoms with Crippen molar-refractivity contribution in [1.82, 2.24) is 0 Å². The summed E-state index contributed by atoms with van der Waals surface area (Å²) in [4.78, 5) is 3.72. The number of hydrogen-bond acceptors (Lipinski definition) is 4. The van der Waals surface area contributed by atoms with Gasteiger partial charge in [-0.15, -0.1) is 0 Å². The number of ether oxygens (including phenoxy) is 1. The maximum absolute atomic E-state index is 11.3. The van der Waals surface area contributed by atoms with Gasteiger partial charge in [0.15, 0.2) is 5.25 Å². The van der Waals surface area contributed by atoms with Crippen LogP contribution < -0.4 is 5.14 Å². The van der Waals surface area contributed by atoms with E-state index in [-0.39, 0.29) is 11.3 Å². The number of hydrogen-bond donors (Lipinski definition) is 1. The number of halogens is 1. The van der Waals surface area contributed by atoms with Crippen LogP contribution in [0.2, 0.25) is 0 Å². The van der Waals surface area contributed by atoms with E-state index in [1.54, 1.807) is 6.08 Å². The Morgan fingerprint density at radius 3 is 2.73 bits per heavy atom. The first kappa shape index (κ1) is 11.1. The highest BCUT2D eigenvalue weighted by atomic mass is 35.5. The third-order valence-electron chi connectivity index (χ3n) is 2.23. The SMILES string of the molecule is NS(=O)(=O)C1C(Cl)=NC=CC1OC1CC1. The molecule has 0 bridgehead atoms. The van der Waals surface area contributed by atoms with E-state index in [1.807, 2.05) is 0 Å². The molecule has 2 atom stereocenters. The number of sulfonamides is 1. The summed E-state index contributed by atoms with van der Waals surface area (Å²) in [5.74, 6) is 0. The summed E-state index contributed by atoms with van der Waals surface area (Å²) in [6, 6.07) is 0. The Balaban J connectivity index is 2.21. The summed E-state index contributed by atoms with van der Waals surface area (Å²) in [6.07, 6.45) is 4.44. The largest absolute Gasteiger partial charge is 0.369 e. The smallest absolute Gasteiger partial charge is 0.221 e. The molecular weight excluding hydrogens is 240 g/mol. The van der Waals surface area contributed by atoms with E-state index in [0.29, 0.717) is 0 Å². The predicted octanol–water partition coefficient (Wildman–Crippen LogP) is 0.356. The van der Waals surface area contributed by atoms with Crippen LogP contribution in [-0.4, -0.2) is 31.0 Å². The fourth-order valence-electron chi connectivity index (χ4n) is 1.37. The summed E-state index contributed by atoms with van der Waals surface area (Å²) < 4.78 is 28.1. The van der Waals surface area contributed by atoms with Crippen LogP contribution in [0.4, 0.5) is 0 Å². The van der Waals surface area contributed by atoms with Gasteiger partial charge in [0.05, 0.1) is 6.10 Å². The maximum atomic E-state index is 11.3. The molecule has 0 saturated heterocycles. The van der Waals surface area contributed by atoms with E-state index in [2.05, 4.69) is 4.99 Å². The highest BCUT2D eigenvalue weighted by Crippen LogP contribution is 2.29. The van der Waals surface area contributed by atoms with Gasteiger partial charge in [-0.25, -0.2) is 18.5 Å². The summed E-state index contributed by atoms with van der Waals surface area (Å²) in [5, 5.41) is 3.98. The summed E-state index contributed by atoms with van der Waals surface area (Å²) in [5.41, 5.74) is 0. The molecule has 0 aromatic carbocycles. The van der Waals surface area contributed by atoms with Crippen LogP contribution in [0.1, 0.15) is 12.8 Å². The number of rotatable bonds is 3. The summed E-state index contributed by atoms with van der Waals surface area (Å²) in [7, 11) is -3.78. The standard InChI is InChI=1S/C8H11ClN2O3S/c9-8-7(15(10,12)13)6(3-4-11-8)14-5-1-2-5/h3-7H,1-2H2,(H2,10,12,13). The molecule has 15 heavy (non-hydrogen) atoms. The molecule has 0 radical (unpaired) electrons. The zero-order valence-electron chi connectivity index (χ0n) is 7.84. The van der Waals surface area contributed by atoms with Crippen molar-refractivity contribution in [3.8, 4) is 0 Å². The molecule has 1 saturated carbocycles. The van der Waals surface area contributed by atoms with Crippen LogP contribution in [0.25, 0.3) is 0 Å². The van der Waals surface area contributed by atoms with Gasteiger partial charge in [0.25, 0.3) is 0 Å². The molecule has 2 unspecified atom stereocenters. The molecule has 2 aliphatic rings. The molecule has 0 aromatic rings. The third-order valence-corrected chi connectivity index (χ3v) is 3.90. The van der Waals surface area contributed by atoms with Gasteiger partial charge in [-0.2, -0.15) is 0 Å². The van der Waals surface area contributed by atoms with Gasteiger partial charge >= 0.3 is 0 Å². The van der Waals surface area contributed by atoms with Gasteiger partial charge in [-0.1, -0.05) is 11.6 Å². The number of primary sulfonamides is 1. The summed E-state index contributed by atoms with van der Waals surface area (Å²) >= 11 is 5.73. The minimum atomic E-state index is -3.78. The van der Waals surface area contributed by atoms with Gasteiger partial charge < -0.3 is 4.74 Å². The highest BCUT2D eigenvalue weighted by molar-refractivity contribution is 7.90. The second-order valence-corrected chi connectivity index (χ2v) is 5.68. The molecule has 1 heterocycles. The maximum Gasteiger partial charge on any atom is 0.221 e. The van der Waals surface area contributed by atoms with Crippen molar-refractivity contribution in [3.05, 3.63) is 12.3 Å². The molecule has 84 valence electrons. The van der Waals surface area contributed by atoms with Crippen LogP contribution in [-0.2, 0) is 14.8 Å². The Kier molecular flexibility index (Phi) is 2.85. The lowest BCUT2D eigenvalue weighted by Gasteiger charge is -2.23. The zero-order chi connectivity index (χ0) is 11.1. The van der Waals surface area contributed by atoms with Crippen molar-refractivity contribution in [1.29, 1.82) is 0 Å². The van der Waals surface area contributed by atoms with Crippen LogP contribution in [0.15, 0.2) is 17.3 Å². The fourth-order valence-corrected chi connectivity index (χ4v) is 2.79. The number of nitrogens with two attached hydrogens (primary N) is 1. The third kappa shape index (κ3) is 2.57. The first-order valence-electron chi connectivity index (χ1n) is 4.55. The van der Waals surface area contributed by atoms with E-state index in [9.17, 15) is 8.42 Å². The van der Waals surface area contributed by atoms with E-state index < -0.39 is 21.4 Å². The topological polar surface area (TPSA) is 81.8 Å². The Labute approximate surface area is 93.0 Å². The van der Waals surface area contributed by atoms with E-state index in [0.717, 1.165) is 12.8 Å². The van der Waals surface area contributed by atoms with Crippen LogP contribution >= 0.6 is 11.6 Å². The minimum absolute atomic E-state index is 0.0364. The predicted molar refractivity (Wildman–Crippen MR) is 57.2 cm³/mol. The quantitative estimate of drug-likeness (QED) is 0.785. The van der Waals surface area contributed by atoms with Crippen molar-refractivity contribution in [2.45, 2.75) is 30.3 Å². The van der Waals surface area contributed by atoms with Crippen molar-refractivity contribution >= 4 is 26.8 Å². The highest BCUT2D eigenvalue weighted by Gasteiger charge is 2.39. The first-order valence-corrected chi connectivity index (χ1v) is 6.54. The minimum Gasteiger partial charge on any atom is -0.369 e. The van der Waals surface area contributed by atoms with E-state index in [1.165, 1.54) is 6.20 Å². The molecule has 0 spiro atoms. The molecule has 1 aliphatic carbocycles. The molecule has 1 fully saturated rings. The van der Waals surface area contributed by atoms with Gasteiger partial charge in [0.1, 0.15) is 11.3 Å². The lowest BCUT2D eigenvalue weighted by Crippen LogP contribution is -2.44. The molecule has 7 heteroatoms. The normalized spacial score (nSPS) is 31.5. The molecule has 2 N–H and O–H groups in total. The van der Waals surface area contributed by atoms with Crippen LogP contribution in [0, 0.1) is 0 Å². The van der Waals surface area contributed by atoms with Crippen molar-refractivity contribution in [2.75, 3.05) is 0 Å². The molecule has 0 amide bonds. The average molecular weight is 251 g/mol. The molecule has 1 aliphatic heterocycles. The Morgan fingerprint density at radius 2 is 2.20 bits per heavy atom. The second-order valence-electron chi connectivity index (χ2n) is 3.60. The molecule has 0 aromatic heterocycles. The van der Waals surface area contributed by atoms with E-state index in [4.69, 9.17) is 21.5 Å². The van der Waals surface area contributed by atoms with Crippen molar-refractivity contribution < 1.29 is 13.2 Å². The van der Waals surface area contributed by atoms with Gasteiger partial charge in [-0.05, 0) is 18.9 Å². The monoisotopic (exact) mass is 250 g/mol. The number of nitrogens with zero attached hydrogens (tertiary/aromatic N) is 1. The Bertz CT molecular complexity index is 414. The van der Waals surface area contributed by atoms with Crippen LogP contribution in [0.3, 0.4) is 0 Å². The molecular formula is C8H11ClN2O3S. The lowest BCUT2D eigenvalue weighted by molar-refractivity contribution is 0.0769. The first-order chi connectivity index (χ1) is 6.98. The Hall–Kier alpha value is -0.430. The van der Waals surface area contributed by atoms with Gasteiger partial charge in [-0.3, -0.25) is 0 Å². The summed E-state index contributed by atoms with van der Waals surface area (Å²) in [6.45, 7) is 0. The molecule has 2 rings (SSSR count). The zero-order valence-corrected chi connectivity index (χ0v) is 9.41. The second kappa shape index (κ2) is 3.86. The van der Waals surface area contributed by atoms with E-state index >= 15 is 0 Å². The Morgan fingerprint density at radius 1 is 1.53 bits per heavy atom. The van der Waals surface area contributed by atoms with Crippen molar-refractivity contribution in [2.24, 2.45) is 10.1 Å². The van der Waals surface area contributed by atoms with Gasteiger partial charge in [0, 0.05) is 6.20 Å². The number of aliphatic imine (C=N–C) groups is 1. The average Bonchev–Trinajstić information content (AvgIpc) is 2.85. The lowest BCUT2D eigenvalue weighted by atomic mass is 10.2.